The summed E-state index contributed by atoms with van der Waals surface area (Å²) in [5.41, 5.74) is 2.54. The van der Waals surface area contributed by atoms with Crippen LogP contribution in [0.1, 0.15) is 59.4 Å². The number of piperidine rings is 1. The molecule has 1 aliphatic rings. The van der Waals surface area contributed by atoms with Crippen LogP contribution in [0.2, 0.25) is 0 Å². The Balaban J connectivity index is 1.76. The predicted molar refractivity (Wildman–Crippen MR) is 109 cm³/mol. The zero-order valence-electron chi connectivity index (χ0n) is 16.7. The Morgan fingerprint density at radius 3 is 2.82 bits per heavy atom. The van der Waals surface area contributed by atoms with E-state index in [-0.39, 0.29) is 17.9 Å². The summed E-state index contributed by atoms with van der Waals surface area (Å²) < 4.78 is 5.43. The third kappa shape index (κ3) is 4.32. The number of aromatic nitrogens is 1. The molecule has 1 N–H and O–H groups in total. The van der Waals surface area contributed by atoms with Crippen molar-refractivity contribution >= 4 is 17.5 Å². The Morgan fingerprint density at radius 2 is 2.11 bits per heavy atom. The molecule has 6 heteroatoms. The van der Waals surface area contributed by atoms with Crippen molar-refractivity contribution in [2.24, 2.45) is 0 Å². The Hall–Kier alpha value is -2.89. The predicted octanol–water partition coefficient (Wildman–Crippen LogP) is 4.06. The van der Waals surface area contributed by atoms with Gasteiger partial charge in [0.05, 0.1) is 6.61 Å². The van der Waals surface area contributed by atoms with Crippen LogP contribution in [0.3, 0.4) is 0 Å². The van der Waals surface area contributed by atoms with E-state index < -0.39 is 0 Å². The van der Waals surface area contributed by atoms with Gasteiger partial charge in [-0.25, -0.2) is 4.98 Å². The van der Waals surface area contributed by atoms with Crippen molar-refractivity contribution in [3.63, 3.8) is 0 Å². The molecule has 0 aliphatic carbocycles. The molecule has 1 fully saturated rings. The molecule has 2 heterocycles. The number of pyridine rings is 1. The topological polar surface area (TPSA) is 71.5 Å². The third-order valence-electron chi connectivity index (χ3n) is 5.08. The first-order valence-corrected chi connectivity index (χ1v) is 9.82. The van der Waals surface area contributed by atoms with Gasteiger partial charge < -0.3 is 15.0 Å². The number of ether oxygens (including phenoxy) is 1. The van der Waals surface area contributed by atoms with Crippen molar-refractivity contribution in [2.75, 3.05) is 18.5 Å². The average molecular weight is 381 g/mol. The molecule has 1 aromatic heterocycles. The number of carbonyl (C=O) groups is 2. The third-order valence-corrected chi connectivity index (χ3v) is 5.08. The molecule has 148 valence electrons. The number of aryl methyl sites for hydroxylation is 1. The molecule has 1 aliphatic heterocycles. The van der Waals surface area contributed by atoms with Crippen molar-refractivity contribution in [3.05, 3.63) is 53.2 Å². The number of anilines is 1. The molecule has 1 unspecified atom stereocenters. The van der Waals surface area contributed by atoms with Crippen LogP contribution < -0.4 is 10.1 Å². The van der Waals surface area contributed by atoms with Gasteiger partial charge in [-0.1, -0.05) is 0 Å². The van der Waals surface area contributed by atoms with Crippen LogP contribution in [0.15, 0.2) is 36.5 Å². The molecule has 2 amide bonds. The molecule has 1 atom stereocenters. The number of nitrogens with one attached hydrogen (secondary N) is 1. The van der Waals surface area contributed by atoms with Gasteiger partial charge in [-0.2, -0.15) is 0 Å². The van der Waals surface area contributed by atoms with Gasteiger partial charge in [0.1, 0.15) is 5.56 Å². The number of likely N-dealkylation sites (tertiary alicyclic amines) is 1. The first kappa shape index (κ1) is 19.9. The first-order chi connectivity index (χ1) is 13.5. The lowest BCUT2D eigenvalue weighted by Crippen LogP contribution is -2.42. The molecule has 6 nitrogen and oxygen atoms in total. The number of carbonyl (C=O) groups excluding carboxylic acids is 2. The van der Waals surface area contributed by atoms with Crippen LogP contribution in [-0.2, 0) is 0 Å². The normalized spacial score (nSPS) is 16.5. The van der Waals surface area contributed by atoms with E-state index >= 15 is 0 Å². The molecule has 1 aromatic carbocycles. The SMILES string of the molecule is CCOc1ncccc1C(=O)Nc1ccc(C(=O)N2CCCCC2C)cc1C. The standard InChI is InChI=1S/C22H27N3O3/c1-4-28-21-18(9-7-12-23-21)20(26)24-19-11-10-17(14-15(19)2)22(27)25-13-6-5-8-16(25)3/h7,9-12,14,16H,4-6,8,13H2,1-3H3,(H,24,26). The van der Waals surface area contributed by atoms with Crippen LogP contribution in [0.4, 0.5) is 5.69 Å². The maximum Gasteiger partial charge on any atom is 0.261 e. The summed E-state index contributed by atoms with van der Waals surface area (Å²) >= 11 is 0. The smallest absolute Gasteiger partial charge is 0.261 e. The number of benzene rings is 1. The largest absolute Gasteiger partial charge is 0.477 e. The fourth-order valence-corrected chi connectivity index (χ4v) is 3.51. The van der Waals surface area contributed by atoms with E-state index in [0.29, 0.717) is 29.3 Å². The minimum Gasteiger partial charge on any atom is -0.477 e. The van der Waals surface area contributed by atoms with Crippen LogP contribution in [0.5, 0.6) is 5.88 Å². The van der Waals surface area contributed by atoms with E-state index in [2.05, 4.69) is 17.2 Å². The second-order valence-corrected chi connectivity index (χ2v) is 7.12. The monoisotopic (exact) mass is 381 g/mol. The van der Waals surface area contributed by atoms with Crippen molar-refractivity contribution in [1.82, 2.24) is 9.88 Å². The summed E-state index contributed by atoms with van der Waals surface area (Å²) in [6.45, 7) is 7.07. The molecule has 0 saturated carbocycles. The molecule has 28 heavy (non-hydrogen) atoms. The van der Waals surface area contributed by atoms with Crippen LogP contribution in [0, 0.1) is 6.92 Å². The highest BCUT2D eigenvalue weighted by Gasteiger charge is 2.24. The lowest BCUT2D eigenvalue weighted by Gasteiger charge is -2.33. The molecule has 2 aromatic rings. The molecular formula is C22H27N3O3. The lowest BCUT2D eigenvalue weighted by atomic mass is 10.0. The number of hydrogen-bond acceptors (Lipinski definition) is 4. The summed E-state index contributed by atoms with van der Waals surface area (Å²) in [7, 11) is 0. The second-order valence-electron chi connectivity index (χ2n) is 7.12. The highest BCUT2D eigenvalue weighted by molar-refractivity contribution is 6.06. The van der Waals surface area contributed by atoms with Gasteiger partial charge in [-0.3, -0.25) is 9.59 Å². The van der Waals surface area contributed by atoms with Crippen molar-refractivity contribution in [1.29, 1.82) is 0 Å². The van der Waals surface area contributed by atoms with Gasteiger partial charge in [0.25, 0.3) is 11.8 Å². The fraction of sp³-hybridized carbons (Fsp3) is 0.409. The van der Waals surface area contributed by atoms with Crippen LogP contribution >= 0.6 is 0 Å². The van der Waals surface area contributed by atoms with E-state index in [1.807, 2.05) is 24.8 Å². The lowest BCUT2D eigenvalue weighted by molar-refractivity contribution is 0.0635. The van der Waals surface area contributed by atoms with Crippen LogP contribution in [-0.4, -0.2) is 40.9 Å². The highest BCUT2D eigenvalue weighted by Crippen LogP contribution is 2.23. The summed E-state index contributed by atoms with van der Waals surface area (Å²) in [5.74, 6) is 0.0773. The van der Waals surface area contributed by atoms with Crippen molar-refractivity contribution < 1.29 is 14.3 Å². The average Bonchev–Trinajstić information content (AvgIpc) is 2.70. The van der Waals surface area contributed by atoms with E-state index in [1.165, 1.54) is 6.42 Å². The molecule has 1 saturated heterocycles. The van der Waals surface area contributed by atoms with E-state index in [0.717, 1.165) is 24.9 Å². The van der Waals surface area contributed by atoms with Gasteiger partial charge in [0.2, 0.25) is 5.88 Å². The molecule has 3 rings (SSSR count). The summed E-state index contributed by atoms with van der Waals surface area (Å²) in [4.78, 5) is 31.6. The quantitative estimate of drug-likeness (QED) is 0.848. The number of amides is 2. The van der Waals surface area contributed by atoms with E-state index in [1.54, 1.807) is 30.5 Å². The summed E-state index contributed by atoms with van der Waals surface area (Å²) in [5, 5.41) is 2.90. The summed E-state index contributed by atoms with van der Waals surface area (Å²) in [6.07, 6.45) is 4.87. The van der Waals surface area contributed by atoms with Crippen molar-refractivity contribution in [2.45, 2.75) is 46.1 Å². The Labute approximate surface area is 165 Å². The zero-order valence-corrected chi connectivity index (χ0v) is 16.7. The minimum atomic E-state index is -0.289. The Kier molecular flexibility index (Phi) is 6.29. The minimum absolute atomic E-state index is 0.0547. The number of rotatable bonds is 5. The van der Waals surface area contributed by atoms with Gasteiger partial charge in [0, 0.05) is 30.0 Å². The number of nitrogens with zero attached hydrogens (tertiary/aromatic N) is 2. The maximum atomic E-state index is 12.8. The van der Waals surface area contributed by atoms with Gasteiger partial charge in [-0.05, 0) is 75.9 Å². The summed E-state index contributed by atoms with van der Waals surface area (Å²) in [6, 6.07) is 9.05. The van der Waals surface area contributed by atoms with Crippen LogP contribution in [0.25, 0.3) is 0 Å². The first-order valence-electron chi connectivity index (χ1n) is 9.82. The number of hydrogen-bond donors (Lipinski definition) is 1. The van der Waals surface area contributed by atoms with E-state index in [4.69, 9.17) is 4.74 Å². The second kappa shape index (κ2) is 8.87. The zero-order chi connectivity index (χ0) is 20.1. The highest BCUT2D eigenvalue weighted by atomic mass is 16.5. The Morgan fingerprint density at radius 1 is 1.29 bits per heavy atom. The van der Waals surface area contributed by atoms with Crippen molar-refractivity contribution in [3.8, 4) is 5.88 Å². The molecule has 0 spiro atoms. The molecule has 0 radical (unpaired) electrons. The maximum absolute atomic E-state index is 12.8. The van der Waals surface area contributed by atoms with Gasteiger partial charge in [0.15, 0.2) is 0 Å². The fourth-order valence-electron chi connectivity index (χ4n) is 3.51. The van der Waals surface area contributed by atoms with Gasteiger partial charge >= 0.3 is 0 Å². The Bertz CT molecular complexity index is 866. The van der Waals surface area contributed by atoms with Gasteiger partial charge in [-0.15, -0.1) is 0 Å². The molecular weight excluding hydrogens is 354 g/mol. The van der Waals surface area contributed by atoms with E-state index in [9.17, 15) is 9.59 Å². The molecule has 0 bridgehead atoms.